The lowest BCUT2D eigenvalue weighted by molar-refractivity contribution is -0.129. The second-order valence-electron chi connectivity index (χ2n) is 6.58. The number of aromatic nitrogens is 1. The van der Waals surface area contributed by atoms with Gasteiger partial charge in [0.1, 0.15) is 0 Å². The van der Waals surface area contributed by atoms with Crippen LogP contribution in [-0.2, 0) is 16.0 Å². The van der Waals surface area contributed by atoms with Crippen molar-refractivity contribution < 1.29 is 9.59 Å². The van der Waals surface area contributed by atoms with E-state index in [-0.39, 0.29) is 17.7 Å². The van der Waals surface area contributed by atoms with Gasteiger partial charge in [-0.2, -0.15) is 0 Å². The number of hydrogen-bond donors (Lipinski definition) is 2. The molecule has 0 spiro atoms. The maximum Gasteiger partial charge on any atom is 0.225 e. The van der Waals surface area contributed by atoms with Crippen LogP contribution in [0.1, 0.15) is 24.8 Å². The highest BCUT2D eigenvalue weighted by Crippen LogP contribution is 2.32. The molecule has 2 aromatic rings. The van der Waals surface area contributed by atoms with Crippen molar-refractivity contribution in [2.24, 2.45) is 5.92 Å². The molecule has 2 heterocycles. The van der Waals surface area contributed by atoms with Crippen molar-refractivity contribution in [1.82, 2.24) is 15.2 Å². The first kappa shape index (κ1) is 14.3. The van der Waals surface area contributed by atoms with Gasteiger partial charge in [0.2, 0.25) is 11.8 Å². The zero-order chi connectivity index (χ0) is 15.8. The number of amides is 2. The zero-order valence-electron chi connectivity index (χ0n) is 13.0. The van der Waals surface area contributed by atoms with Gasteiger partial charge in [-0.3, -0.25) is 9.59 Å². The lowest BCUT2D eigenvalue weighted by atomic mass is 10.1. The average Bonchev–Trinajstić information content (AvgIpc) is 3.21. The maximum absolute atomic E-state index is 12.3. The maximum atomic E-state index is 12.3. The third-order valence-electron chi connectivity index (χ3n) is 4.89. The number of aromatic amines is 1. The first-order valence-electron chi connectivity index (χ1n) is 8.34. The summed E-state index contributed by atoms with van der Waals surface area (Å²) >= 11 is 0. The van der Waals surface area contributed by atoms with Crippen molar-refractivity contribution in [3.63, 3.8) is 0 Å². The molecular weight excluding hydrogens is 290 g/mol. The van der Waals surface area contributed by atoms with E-state index in [1.807, 2.05) is 29.3 Å². The summed E-state index contributed by atoms with van der Waals surface area (Å²) in [5.41, 5.74) is 2.33. The van der Waals surface area contributed by atoms with Crippen LogP contribution in [0.2, 0.25) is 0 Å². The number of carbonyl (C=O) groups is 2. The van der Waals surface area contributed by atoms with Crippen LogP contribution in [0.5, 0.6) is 0 Å². The van der Waals surface area contributed by atoms with Gasteiger partial charge in [-0.15, -0.1) is 0 Å². The SMILES string of the molecule is O=C(NCCc1c[nH]c2ccccc12)[C@H]1CC(=O)N(C2CC2)C1. The van der Waals surface area contributed by atoms with Gasteiger partial charge in [0.25, 0.3) is 0 Å². The van der Waals surface area contributed by atoms with Crippen molar-refractivity contribution in [3.05, 3.63) is 36.0 Å². The molecule has 1 saturated carbocycles. The van der Waals surface area contributed by atoms with Gasteiger partial charge in [-0.25, -0.2) is 0 Å². The molecule has 23 heavy (non-hydrogen) atoms. The lowest BCUT2D eigenvalue weighted by Gasteiger charge is -2.15. The fraction of sp³-hybridized carbons (Fsp3) is 0.444. The summed E-state index contributed by atoms with van der Waals surface area (Å²) in [5, 5.41) is 4.20. The topological polar surface area (TPSA) is 65.2 Å². The quantitative estimate of drug-likeness (QED) is 0.885. The fourth-order valence-electron chi connectivity index (χ4n) is 3.45. The molecule has 4 rings (SSSR count). The summed E-state index contributed by atoms with van der Waals surface area (Å²) in [4.78, 5) is 29.3. The van der Waals surface area contributed by atoms with Crippen molar-refractivity contribution in [1.29, 1.82) is 0 Å². The summed E-state index contributed by atoms with van der Waals surface area (Å²) in [5.74, 6) is -0.0170. The number of H-pyrrole nitrogens is 1. The van der Waals surface area contributed by atoms with Gasteiger partial charge in [0.05, 0.1) is 5.92 Å². The number of nitrogens with zero attached hydrogens (tertiary/aromatic N) is 1. The third-order valence-corrected chi connectivity index (χ3v) is 4.89. The average molecular weight is 311 g/mol. The van der Waals surface area contributed by atoms with Crippen LogP contribution in [0.25, 0.3) is 10.9 Å². The fourth-order valence-corrected chi connectivity index (χ4v) is 3.45. The molecule has 1 saturated heterocycles. The molecule has 2 aliphatic rings. The molecule has 5 nitrogen and oxygen atoms in total. The van der Waals surface area contributed by atoms with E-state index in [2.05, 4.69) is 16.4 Å². The van der Waals surface area contributed by atoms with Crippen LogP contribution in [0, 0.1) is 5.92 Å². The van der Waals surface area contributed by atoms with Crippen molar-refractivity contribution >= 4 is 22.7 Å². The Labute approximate surface area is 135 Å². The Hall–Kier alpha value is -2.30. The third kappa shape index (κ3) is 2.83. The highest BCUT2D eigenvalue weighted by molar-refractivity contribution is 5.89. The summed E-state index contributed by atoms with van der Waals surface area (Å²) in [6.45, 7) is 1.21. The van der Waals surface area contributed by atoms with E-state index in [0.717, 1.165) is 24.8 Å². The molecule has 1 aromatic carbocycles. The number of fused-ring (bicyclic) bond motifs is 1. The van der Waals surface area contributed by atoms with Crippen molar-refractivity contribution in [3.8, 4) is 0 Å². The highest BCUT2D eigenvalue weighted by atomic mass is 16.2. The number of nitrogens with one attached hydrogen (secondary N) is 2. The van der Waals surface area contributed by atoms with E-state index in [1.54, 1.807) is 0 Å². The highest BCUT2D eigenvalue weighted by Gasteiger charge is 2.41. The Morgan fingerprint density at radius 2 is 2.13 bits per heavy atom. The molecule has 0 bridgehead atoms. The number of para-hydroxylation sites is 1. The van der Waals surface area contributed by atoms with E-state index in [4.69, 9.17) is 0 Å². The Morgan fingerprint density at radius 1 is 1.30 bits per heavy atom. The number of carbonyl (C=O) groups excluding carboxylic acids is 2. The van der Waals surface area contributed by atoms with Gasteiger partial charge >= 0.3 is 0 Å². The Morgan fingerprint density at radius 3 is 2.96 bits per heavy atom. The Kier molecular flexibility index (Phi) is 3.56. The van der Waals surface area contributed by atoms with Gasteiger partial charge in [0.15, 0.2) is 0 Å². The second-order valence-corrected chi connectivity index (χ2v) is 6.58. The largest absolute Gasteiger partial charge is 0.361 e. The minimum absolute atomic E-state index is 0.0151. The summed E-state index contributed by atoms with van der Waals surface area (Å²) < 4.78 is 0. The van der Waals surface area contributed by atoms with Crippen LogP contribution in [0.3, 0.4) is 0 Å². The summed E-state index contributed by atoms with van der Waals surface area (Å²) in [6.07, 6.45) is 5.37. The van der Waals surface area contributed by atoms with Crippen molar-refractivity contribution in [2.75, 3.05) is 13.1 Å². The summed E-state index contributed by atoms with van der Waals surface area (Å²) in [7, 11) is 0. The molecule has 0 radical (unpaired) electrons. The molecule has 2 N–H and O–H groups in total. The first-order chi connectivity index (χ1) is 11.2. The molecule has 1 atom stereocenters. The standard InChI is InChI=1S/C18H21N3O2/c22-17-9-13(11-21(17)14-5-6-14)18(23)19-8-7-12-10-20-16-4-2-1-3-15(12)16/h1-4,10,13-14,20H,5-9,11H2,(H,19,23)/t13-/m0/s1. The number of benzene rings is 1. The number of hydrogen-bond acceptors (Lipinski definition) is 2. The monoisotopic (exact) mass is 311 g/mol. The Balaban J connectivity index is 1.31. The van der Waals surface area contributed by atoms with Crippen LogP contribution in [0.15, 0.2) is 30.5 Å². The molecule has 1 aliphatic heterocycles. The minimum Gasteiger partial charge on any atom is -0.361 e. The number of rotatable bonds is 5. The van der Waals surface area contributed by atoms with Crippen LogP contribution >= 0.6 is 0 Å². The zero-order valence-corrected chi connectivity index (χ0v) is 13.0. The van der Waals surface area contributed by atoms with Crippen LogP contribution < -0.4 is 5.32 Å². The predicted octanol–water partition coefficient (Wildman–Crippen LogP) is 1.84. The van der Waals surface area contributed by atoms with E-state index in [1.165, 1.54) is 10.9 Å². The molecule has 2 fully saturated rings. The molecule has 0 unspecified atom stereocenters. The second kappa shape index (κ2) is 5.72. The molecule has 1 aromatic heterocycles. The summed E-state index contributed by atoms with van der Waals surface area (Å²) in [6, 6.07) is 8.58. The van der Waals surface area contributed by atoms with Crippen LogP contribution in [0.4, 0.5) is 0 Å². The van der Waals surface area contributed by atoms with E-state index in [0.29, 0.717) is 25.6 Å². The van der Waals surface area contributed by atoms with Gasteiger partial charge in [-0.1, -0.05) is 18.2 Å². The van der Waals surface area contributed by atoms with Gasteiger partial charge in [0, 0.05) is 42.7 Å². The smallest absolute Gasteiger partial charge is 0.225 e. The number of likely N-dealkylation sites (tertiary alicyclic amines) is 1. The van der Waals surface area contributed by atoms with Gasteiger partial charge < -0.3 is 15.2 Å². The first-order valence-corrected chi connectivity index (χ1v) is 8.34. The van der Waals surface area contributed by atoms with E-state index >= 15 is 0 Å². The van der Waals surface area contributed by atoms with Crippen LogP contribution in [-0.4, -0.2) is 40.8 Å². The normalized spacial score (nSPS) is 21.1. The molecule has 1 aliphatic carbocycles. The molecular formula is C18H21N3O2. The lowest BCUT2D eigenvalue weighted by Crippen LogP contribution is -2.34. The molecule has 5 heteroatoms. The minimum atomic E-state index is -0.175. The predicted molar refractivity (Wildman–Crippen MR) is 87.9 cm³/mol. The van der Waals surface area contributed by atoms with Gasteiger partial charge in [-0.05, 0) is 30.9 Å². The van der Waals surface area contributed by atoms with Crippen molar-refractivity contribution in [2.45, 2.75) is 31.7 Å². The Bertz CT molecular complexity index is 748. The molecule has 2 amide bonds. The molecule has 120 valence electrons. The van der Waals surface area contributed by atoms with E-state index < -0.39 is 0 Å². The van der Waals surface area contributed by atoms with E-state index in [9.17, 15) is 9.59 Å².